The smallest absolute Gasteiger partial charge is 0.341 e. The topological polar surface area (TPSA) is 126 Å². The lowest BCUT2D eigenvalue weighted by Gasteiger charge is -2.25. The molecule has 2 aliphatic heterocycles. The zero-order chi connectivity index (χ0) is 27.5. The second-order valence-corrected chi connectivity index (χ2v) is 9.79. The van der Waals surface area contributed by atoms with E-state index in [1.54, 1.807) is 49.4 Å². The van der Waals surface area contributed by atoms with Crippen LogP contribution < -0.4 is 29.1 Å². The lowest BCUT2D eigenvalue weighted by molar-refractivity contribution is -0.140. The van der Waals surface area contributed by atoms with Gasteiger partial charge in [0.25, 0.3) is 5.56 Å². The molecule has 0 unspecified atom stereocenters. The quantitative estimate of drug-likeness (QED) is 0.403. The molecule has 0 saturated carbocycles. The van der Waals surface area contributed by atoms with Crippen LogP contribution >= 0.6 is 11.3 Å². The number of nitrogens with zero attached hydrogens (tertiary/aromatic N) is 2. The third-order valence-electron chi connectivity index (χ3n) is 6.12. The minimum absolute atomic E-state index is 0.0957. The fourth-order valence-corrected chi connectivity index (χ4v) is 5.53. The molecular formula is C28H26N2O8S. The second-order valence-electron chi connectivity index (χ2n) is 8.78. The van der Waals surface area contributed by atoms with E-state index in [4.69, 9.17) is 29.0 Å². The fourth-order valence-electron chi connectivity index (χ4n) is 4.51. The van der Waals surface area contributed by atoms with E-state index in [-0.39, 0.29) is 19.0 Å². The van der Waals surface area contributed by atoms with Crippen LogP contribution in [0.15, 0.2) is 63.5 Å². The Morgan fingerprint density at radius 3 is 2.77 bits per heavy atom. The third-order valence-corrected chi connectivity index (χ3v) is 7.11. The van der Waals surface area contributed by atoms with E-state index in [0.717, 1.165) is 6.42 Å². The van der Waals surface area contributed by atoms with Crippen LogP contribution in [0.2, 0.25) is 0 Å². The number of benzene rings is 2. The molecule has 1 aromatic heterocycles. The minimum atomic E-state index is -1.09. The maximum atomic E-state index is 13.9. The Bertz CT molecular complexity index is 1650. The molecule has 10 nitrogen and oxygen atoms in total. The van der Waals surface area contributed by atoms with E-state index in [9.17, 15) is 14.4 Å². The van der Waals surface area contributed by atoms with Gasteiger partial charge in [0.15, 0.2) is 22.9 Å². The molecule has 0 amide bonds. The van der Waals surface area contributed by atoms with Gasteiger partial charge in [-0.3, -0.25) is 9.36 Å². The highest BCUT2D eigenvalue weighted by molar-refractivity contribution is 7.07. The molecule has 1 N–H and O–H groups in total. The molecule has 2 aromatic carbocycles. The van der Waals surface area contributed by atoms with Crippen LogP contribution in [-0.2, 0) is 14.3 Å². The lowest BCUT2D eigenvalue weighted by atomic mass is 9.94. The summed E-state index contributed by atoms with van der Waals surface area (Å²) in [5.41, 5.74) is 1.90. The van der Waals surface area contributed by atoms with Crippen molar-refractivity contribution in [3.05, 3.63) is 84.5 Å². The van der Waals surface area contributed by atoms with Crippen molar-refractivity contribution in [1.29, 1.82) is 0 Å². The first-order valence-electron chi connectivity index (χ1n) is 12.5. The number of carbonyl (C=O) groups excluding carboxylic acids is 1. The Balaban J connectivity index is 1.68. The van der Waals surface area contributed by atoms with E-state index in [1.165, 1.54) is 15.9 Å². The Hall–Kier alpha value is -4.38. The first-order chi connectivity index (χ1) is 18.9. The summed E-state index contributed by atoms with van der Waals surface area (Å²) in [5, 5.41) is 8.90. The highest BCUT2D eigenvalue weighted by Crippen LogP contribution is 2.38. The van der Waals surface area contributed by atoms with Gasteiger partial charge < -0.3 is 24.1 Å². The first-order valence-corrected chi connectivity index (χ1v) is 13.3. The van der Waals surface area contributed by atoms with Gasteiger partial charge in [0.2, 0.25) is 6.79 Å². The summed E-state index contributed by atoms with van der Waals surface area (Å²) < 4.78 is 23.7. The molecule has 3 heterocycles. The maximum Gasteiger partial charge on any atom is 0.341 e. The van der Waals surface area contributed by atoms with Crippen molar-refractivity contribution >= 4 is 29.4 Å². The summed E-state index contributed by atoms with van der Waals surface area (Å²) in [6, 6.07) is 11.4. The molecule has 0 aliphatic carbocycles. The second kappa shape index (κ2) is 11.2. The van der Waals surface area contributed by atoms with Crippen LogP contribution in [0.3, 0.4) is 0 Å². The number of esters is 1. The minimum Gasteiger partial charge on any atom is -0.482 e. The largest absolute Gasteiger partial charge is 0.482 e. The number of carboxylic acids is 1. The van der Waals surface area contributed by atoms with Gasteiger partial charge in [-0.05, 0) is 54.8 Å². The monoisotopic (exact) mass is 550 g/mol. The summed E-state index contributed by atoms with van der Waals surface area (Å²) in [7, 11) is 0. The predicted molar refractivity (Wildman–Crippen MR) is 142 cm³/mol. The molecule has 0 spiro atoms. The molecule has 11 heteroatoms. The van der Waals surface area contributed by atoms with Gasteiger partial charge in [0.1, 0.15) is 5.75 Å². The number of thiazole rings is 1. The van der Waals surface area contributed by atoms with Crippen LogP contribution in [0, 0.1) is 0 Å². The van der Waals surface area contributed by atoms with Crippen molar-refractivity contribution in [3.8, 4) is 17.2 Å². The SMILES string of the molecule is CCCC1=C(C(=O)OCC)[C@@H](c2ccc3c(c2)OCO3)n2c(s/c(=C\c3cccc(OCC(=O)O)c3)c2=O)=N1. The van der Waals surface area contributed by atoms with Crippen molar-refractivity contribution in [2.45, 2.75) is 32.7 Å². The standard InChI is InChI=1S/C28H26N2O8S/c1-3-6-19-24(27(34)35-4-2)25(17-9-10-20-21(13-17)38-15-37-20)30-26(33)22(39-28(30)29-19)12-16-7-5-8-18(11-16)36-14-23(31)32/h5,7-13,25H,3-4,6,14-15H2,1-2H3,(H,31,32)/b22-12-/t25-/m1/s1. The predicted octanol–water partition coefficient (Wildman–Crippen LogP) is 2.77. The number of carboxylic acid groups (broad SMARTS) is 1. The zero-order valence-electron chi connectivity index (χ0n) is 21.3. The van der Waals surface area contributed by atoms with Crippen LogP contribution in [0.5, 0.6) is 17.2 Å². The Kier molecular flexibility index (Phi) is 7.51. The molecule has 202 valence electrons. The van der Waals surface area contributed by atoms with Gasteiger partial charge in [0.05, 0.1) is 28.5 Å². The molecular weight excluding hydrogens is 524 g/mol. The molecule has 39 heavy (non-hydrogen) atoms. The Morgan fingerprint density at radius 1 is 1.18 bits per heavy atom. The Morgan fingerprint density at radius 2 is 2.00 bits per heavy atom. The van der Waals surface area contributed by atoms with Crippen molar-refractivity contribution in [2.24, 2.45) is 4.99 Å². The van der Waals surface area contributed by atoms with E-state index in [1.807, 2.05) is 13.0 Å². The van der Waals surface area contributed by atoms with Gasteiger partial charge in [0, 0.05) is 0 Å². The summed E-state index contributed by atoms with van der Waals surface area (Å²) in [6.07, 6.45) is 2.97. The molecule has 0 fully saturated rings. The van der Waals surface area contributed by atoms with Gasteiger partial charge in [-0.2, -0.15) is 0 Å². The van der Waals surface area contributed by atoms with Crippen molar-refractivity contribution in [1.82, 2.24) is 4.57 Å². The average Bonchev–Trinajstić information content (AvgIpc) is 3.51. The van der Waals surface area contributed by atoms with Crippen LogP contribution in [0.4, 0.5) is 0 Å². The highest BCUT2D eigenvalue weighted by Gasteiger charge is 2.35. The normalized spacial score (nSPS) is 16.1. The Labute approximate surface area is 227 Å². The number of allylic oxidation sites excluding steroid dienone is 1. The van der Waals surface area contributed by atoms with Crippen LogP contribution in [-0.4, -0.2) is 41.6 Å². The van der Waals surface area contributed by atoms with Gasteiger partial charge >= 0.3 is 11.9 Å². The summed E-state index contributed by atoms with van der Waals surface area (Å²) in [5.74, 6) is -0.119. The van der Waals surface area contributed by atoms with E-state index < -0.39 is 24.6 Å². The molecule has 2 aliphatic rings. The van der Waals surface area contributed by atoms with Gasteiger partial charge in [-0.15, -0.1) is 0 Å². The third kappa shape index (κ3) is 5.30. The van der Waals surface area contributed by atoms with E-state index >= 15 is 0 Å². The van der Waals surface area contributed by atoms with Crippen molar-refractivity contribution < 1.29 is 33.6 Å². The van der Waals surface area contributed by atoms with E-state index in [0.29, 0.717) is 55.4 Å². The molecule has 5 rings (SSSR count). The molecule has 0 saturated heterocycles. The molecule has 0 bridgehead atoms. The lowest BCUT2D eigenvalue weighted by Crippen LogP contribution is -2.40. The van der Waals surface area contributed by atoms with Crippen LogP contribution in [0.25, 0.3) is 6.08 Å². The number of rotatable bonds is 9. The van der Waals surface area contributed by atoms with Crippen molar-refractivity contribution in [2.75, 3.05) is 20.0 Å². The highest BCUT2D eigenvalue weighted by atomic mass is 32.1. The number of aromatic nitrogens is 1. The van der Waals surface area contributed by atoms with E-state index in [2.05, 4.69) is 0 Å². The number of ether oxygens (including phenoxy) is 4. The summed E-state index contributed by atoms with van der Waals surface area (Å²) >= 11 is 1.21. The number of hydrogen-bond acceptors (Lipinski definition) is 9. The molecule has 1 atom stereocenters. The maximum absolute atomic E-state index is 13.9. The molecule has 0 radical (unpaired) electrons. The number of hydrogen-bond donors (Lipinski definition) is 1. The molecule has 3 aromatic rings. The fraction of sp³-hybridized carbons (Fsp3) is 0.286. The summed E-state index contributed by atoms with van der Waals surface area (Å²) in [4.78, 5) is 43.2. The number of carbonyl (C=O) groups is 2. The number of aliphatic carboxylic acids is 1. The van der Waals surface area contributed by atoms with Crippen LogP contribution in [0.1, 0.15) is 43.9 Å². The first kappa shape index (κ1) is 26.2. The average molecular weight is 551 g/mol. The van der Waals surface area contributed by atoms with Gasteiger partial charge in [-0.1, -0.05) is 42.9 Å². The zero-order valence-corrected chi connectivity index (χ0v) is 22.2. The number of fused-ring (bicyclic) bond motifs is 2. The van der Waals surface area contributed by atoms with Crippen molar-refractivity contribution in [3.63, 3.8) is 0 Å². The van der Waals surface area contributed by atoms with Gasteiger partial charge in [-0.25, -0.2) is 14.6 Å². The summed E-state index contributed by atoms with van der Waals surface area (Å²) in [6.45, 7) is 3.53.